The molecule has 0 spiro atoms. The molecule has 6 nitrogen and oxygen atoms in total. The minimum Gasteiger partial charge on any atom is -0.406 e. The summed E-state index contributed by atoms with van der Waals surface area (Å²) in [5.74, 6) is -0.00394. The van der Waals surface area contributed by atoms with E-state index in [-0.39, 0.29) is 21.9 Å². The van der Waals surface area contributed by atoms with Crippen molar-refractivity contribution in [3.05, 3.63) is 58.6 Å². The van der Waals surface area contributed by atoms with Gasteiger partial charge in [-0.05, 0) is 73.3 Å². The van der Waals surface area contributed by atoms with E-state index in [4.69, 9.17) is 0 Å². The van der Waals surface area contributed by atoms with E-state index < -0.39 is 23.9 Å². The van der Waals surface area contributed by atoms with Crippen LogP contribution in [0.4, 0.5) is 43.8 Å². The molecule has 194 valence electrons. The van der Waals surface area contributed by atoms with Gasteiger partial charge in [-0.1, -0.05) is 12.1 Å². The largest absolute Gasteiger partial charge is 0.573 e. The van der Waals surface area contributed by atoms with Crippen LogP contribution < -0.4 is 15.4 Å². The molecule has 0 atom stereocenters. The van der Waals surface area contributed by atoms with Gasteiger partial charge in [0.1, 0.15) is 11.6 Å². The Morgan fingerprint density at radius 3 is 2.36 bits per heavy atom. The Morgan fingerprint density at radius 2 is 1.72 bits per heavy atom. The smallest absolute Gasteiger partial charge is 0.406 e. The third kappa shape index (κ3) is 8.26. The number of aromatic nitrogens is 2. The van der Waals surface area contributed by atoms with Gasteiger partial charge < -0.3 is 20.3 Å². The fourth-order valence-corrected chi connectivity index (χ4v) is 3.59. The van der Waals surface area contributed by atoms with Crippen molar-refractivity contribution in [2.75, 3.05) is 37.8 Å². The zero-order valence-corrected chi connectivity index (χ0v) is 20.7. The molecular weight excluding hydrogens is 556 g/mol. The molecule has 0 amide bonds. The molecule has 2 aromatic carbocycles. The molecule has 1 aromatic heterocycles. The van der Waals surface area contributed by atoms with Crippen molar-refractivity contribution in [2.24, 2.45) is 0 Å². The Balaban J connectivity index is 1.93. The van der Waals surface area contributed by atoms with Crippen LogP contribution in [0, 0.1) is 0 Å². The van der Waals surface area contributed by atoms with Gasteiger partial charge in [-0.25, -0.2) is 4.98 Å². The molecule has 36 heavy (non-hydrogen) atoms. The molecule has 0 bridgehead atoms. The van der Waals surface area contributed by atoms with Crippen LogP contribution in [0.25, 0.3) is 11.3 Å². The highest BCUT2D eigenvalue weighted by atomic mass is 79.9. The van der Waals surface area contributed by atoms with Crippen molar-refractivity contribution in [1.29, 1.82) is 0 Å². The molecule has 0 saturated carbocycles. The van der Waals surface area contributed by atoms with E-state index in [9.17, 15) is 26.3 Å². The first kappa shape index (κ1) is 27.5. The average Bonchev–Trinajstić information content (AvgIpc) is 2.76. The van der Waals surface area contributed by atoms with E-state index >= 15 is 0 Å². The van der Waals surface area contributed by atoms with Gasteiger partial charge >= 0.3 is 12.5 Å². The van der Waals surface area contributed by atoms with Gasteiger partial charge in [0.05, 0.1) is 16.9 Å². The number of hydrogen-bond donors (Lipinski definition) is 2. The van der Waals surface area contributed by atoms with E-state index in [1.807, 2.05) is 19.0 Å². The minimum atomic E-state index is -4.86. The summed E-state index contributed by atoms with van der Waals surface area (Å²) in [4.78, 5) is 10.8. The molecule has 2 N–H and O–H groups in total. The molecule has 0 unspecified atom stereocenters. The zero-order valence-electron chi connectivity index (χ0n) is 19.1. The number of benzene rings is 2. The van der Waals surface area contributed by atoms with Crippen LogP contribution in [0.15, 0.2) is 53.0 Å². The van der Waals surface area contributed by atoms with Crippen molar-refractivity contribution in [3.8, 4) is 17.0 Å². The predicted octanol–water partition coefficient (Wildman–Crippen LogP) is 6.93. The Hall–Kier alpha value is -3.06. The summed E-state index contributed by atoms with van der Waals surface area (Å²) in [5.41, 5.74) is 0.0803. The van der Waals surface area contributed by atoms with E-state index in [0.29, 0.717) is 17.8 Å². The van der Waals surface area contributed by atoms with Crippen LogP contribution in [0.2, 0.25) is 0 Å². The molecule has 0 aliphatic carbocycles. The van der Waals surface area contributed by atoms with Crippen molar-refractivity contribution in [3.63, 3.8) is 0 Å². The standard InChI is InChI=1S/C23H22BrF6N5O/c1-35(2)10-4-9-31-21-33-19(14-5-3-6-16(11-14)36-23(28,29)30)13-20(34-21)32-18-8-7-15(12-17(18)24)22(25,26)27/h3,5-8,11-13H,4,9-10H2,1-2H3,(H2,31,32,33,34). The summed E-state index contributed by atoms with van der Waals surface area (Å²) in [6.07, 6.45) is -8.59. The number of nitrogens with zero attached hydrogens (tertiary/aromatic N) is 3. The fraction of sp³-hybridized carbons (Fsp3) is 0.304. The van der Waals surface area contributed by atoms with Gasteiger partial charge in [-0.3, -0.25) is 0 Å². The third-order valence-electron chi connectivity index (χ3n) is 4.71. The lowest BCUT2D eigenvalue weighted by molar-refractivity contribution is -0.274. The number of alkyl halides is 6. The number of nitrogens with one attached hydrogen (secondary N) is 2. The third-order valence-corrected chi connectivity index (χ3v) is 5.37. The maximum Gasteiger partial charge on any atom is 0.573 e. The number of hydrogen-bond acceptors (Lipinski definition) is 6. The predicted molar refractivity (Wildman–Crippen MR) is 128 cm³/mol. The maximum atomic E-state index is 13.0. The van der Waals surface area contributed by atoms with Crippen molar-refractivity contribution in [2.45, 2.75) is 19.0 Å². The topological polar surface area (TPSA) is 62.3 Å². The summed E-state index contributed by atoms with van der Waals surface area (Å²) in [6.45, 7) is 1.31. The normalized spacial score (nSPS) is 12.1. The molecule has 0 saturated heterocycles. The van der Waals surface area contributed by atoms with Gasteiger partial charge in [0.15, 0.2) is 0 Å². The van der Waals surface area contributed by atoms with Crippen LogP contribution in [0.5, 0.6) is 5.75 Å². The summed E-state index contributed by atoms with van der Waals surface area (Å²) < 4.78 is 81.2. The zero-order chi connectivity index (χ0) is 26.5. The van der Waals surface area contributed by atoms with Crippen molar-refractivity contribution in [1.82, 2.24) is 14.9 Å². The Kier molecular flexibility index (Phi) is 8.67. The quantitative estimate of drug-likeness (QED) is 0.212. The van der Waals surface area contributed by atoms with E-state index in [1.165, 1.54) is 24.3 Å². The Labute approximate surface area is 211 Å². The van der Waals surface area contributed by atoms with Gasteiger partial charge in [0.2, 0.25) is 5.95 Å². The van der Waals surface area contributed by atoms with E-state index in [2.05, 4.69) is 41.3 Å². The molecular formula is C23H22BrF6N5O. The molecule has 0 aliphatic rings. The maximum absolute atomic E-state index is 13.0. The lowest BCUT2D eigenvalue weighted by atomic mass is 10.1. The SMILES string of the molecule is CN(C)CCCNc1nc(Nc2ccc(C(F)(F)F)cc2Br)cc(-c2cccc(OC(F)(F)F)c2)n1. The lowest BCUT2D eigenvalue weighted by Gasteiger charge is -2.15. The number of ether oxygens (including phenoxy) is 1. The minimum absolute atomic E-state index is 0.151. The summed E-state index contributed by atoms with van der Waals surface area (Å²) in [6, 6.07) is 9.87. The molecule has 0 radical (unpaired) electrons. The summed E-state index contributed by atoms with van der Waals surface area (Å²) in [7, 11) is 3.86. The monoisotopic (exact) mass is 577 g/mol. The second-order valence-electron chi connectivity index (χ2n) is 7.94. The molecule has 3 aromatic rings. The van der Waals surface area contributed by atoms with E-state index in [1.54, 1.807) is 6.07 Å². The lowest BCUT2D eigenvalue weighted by Crippen LogP contribution is -2.17. The molecule has 1 heterocycles. The number of rotatable bonds is 9. The summed E-state index contributed by atoms with van der Waals surface area (Å²) >= 11 is 3.13. The van der Waals surface area contributed by atoms with Crippen LogP contribution in [-0.4, -0.2) is 48.4 Å². The first-order chi connectivity index (χ1) is 16.8. The highest BCUT2D eigenvalue weighted by molar-refractivity contribution is 9.10. The second kappa shape index (κ2) is 11.3. The van der Waals surface area contributed by atoms with Crippen LogP contribution in [0.1, 0.15) is 12.0 Å². The highest BCUT2D eigenvalue weighted by Crippen LogP contribution is 2.35. The van der Waals surface area contributed by atoms with E-state index in [0.717, 1.165) is 31.2 Å². The number of halogens is 7. The summed E-state index contributed by atoms with van der Waals surface area (Å²) in [5, 5.41) is 6.01. The first-order valence-electron chi connectivity index (χ1n) is 10.6. The highest BCUT2D eigenvalue weighted by Gasteiger charge is 2.32. The van der Waals surface area contributed by atoms with Crippen molar-refractivity contribution >= 4 is 33.4 Å². The van der Waals surface area contributed by atoms with Crippen molar-refractivity contribution < 1.29 is 31.1 Å². The fourth-order valence-electron chi connectivity index (χ4n) is 3.12. The van der Waals surface area contributed by atoms with Gasteiger partial charge in [0.25, 0.3) is 0 Å². The van der Waals surface area contributed by atoms with Gasteiger partial charge in [-0.15, -0.1) is 13.2 Å². The molecule has 0 fully saturated rings. The average molecular weight is 578 g/mol. The number of anilines is 3. The Bertz CT molecular complexity index is 1190. The van der Waals surface area contributed by atoms with Crippen LogP contribution >= 0.6 is 15.9 Å². The second-order valence-corrected chi connectivity index (χ2v) is 8.79. The molecule has 3 rings (SSSR count). The van der Waals surface area contributed by atoms with Crippen LogP contribution in [0.3, 0.4) is 0 Å². The van der Waals surface area contributed by atoms with Gasteiger partial charge in [0, 0.05) is 22.6 Å². The van der Waals surface area contributed by atoms with Crippen LogP contribution in [-0.2, 0) is 6.18 Å². The molecule has 0 aliphatic heterocycles. The Morgan fingerprint density at radius 1 is 0.972 bits per heavy atom. The molecule has 13 heteroatoms. The first-order valence-corrected chi connectivity index (χ1v) is 11.4. The van der Waals surface area contributed by atoms with Gasteiger partial charge in [-0.2, -0.15) is 18.2 Å².